The van der Waals surface area contributed by atoms with Crippen molar-refractivity contribution in [3.05, 3.63) is 119 Å². The van der Waals surface area contributed by atoms with E-state index in [1.165, 1.54) is 24.3 Å². The summed E-state index contributed by atoms with van der Waals surface area (Å²) in [4.78, 5) is 17.3. The van der Waals surface area contributed by atoms with Crippen molar-refractivity contribution in [2.45, 2.75) is 43.9 Å². The van der Waals surface area contributed by atoms with Gasteiger partial charge in [-0.3, -0.25) is 10.1 Å². The van der Waals surface area contributed by atoms with E-state index in [-0.39, 0.29) is 30.9 Å². The fourth-order valence-electron chi connectivity index (χ4n) is 4.39. The van der Waals surface area contributed by atoms with E-state index in [1.807, 2.05) is 30.3 Å². The highest BCUT2D eigenvalue weighted by Gasteiger charge is 2.41. The zero-order valence-electron chi connectivity index (χ0n) is 21.9. The normalized spacial score (nSPS) is 14.8. The number of alkyl halides is 3. The Labute approximate surface area is 232 Å². The van der Waals surface area contributed by atoms with Crippen LogP contribution < -0.4 is 5.32 Å². The summed E-state index contributed by atoms with van der Waals surface area (Å²) in [7, 11) is 0. The molecule has 0 fully saturated rings. The Morgan fingerprint density at radius 2 is 1.76 bits per heavy atom. The summed E-state index contributed by atoms with van der Waals surface area (Å²) in [5, 5.41) is 18.8. The molecule has 7 nitrogen and oxygen atoms in total. The molecule has 1 heterocycles. The SMILES string of the molecule is C[C@@H](N[C@H](COCc1ccccc1)C(=O)c1ccc(C(F)(F)F)cc1)[C@](O)(Cn1cncn1)c1ccc(F)cc1F. The summed E-state index contributed by atoms with van der Waals surface area (Å²) in [6.07, 6.45) is -2.07. The van der Waals surface area contributed by atoms with Crippen molar-refractivity contribution in [2.24, 2.45) is 0 Å². The third-order valence-corrected chi connectivity index (χ3v) is 6.64. The van der Waals surface area contributed by atoms with Crippen LogP contribution >= 0.6 is 0 Å². The van der Waals surface area contributed by atoms with Crippen LogP contribution in [0.3, 0.4) is 0 Å². The summed E-state index contributed by atoms with van der Waals surface area (Å²) in [5.74, 6) is -2.48. The minimum Gasteiger partial charge on any atom is -0.381 e. The molecule has 0 bridgehead atoms. The number of carbonyl (C=O) groups is 1. The molecule has 3 aromatic carbocycles. The van der Waals surface area contributed by atoms with Gasteiger partial charge in [-0.15, -0.1) is 0 Å². The highest BCUT2D eigenvalue weighted by atomic mass is 19.4. The largest absolute Gasteiger partial charge is 0.416 e. The van der Waals surface area contributed by atoms with Crippen LogP contribution in [0.15, 0.2) is 85.5 Å². The molecular formula is C29H27F5N4O3. The minimum atomic E-state index is -4.58. The first kappa shape index (κ1) is 30.0. The van der Waals surface area contributed by atoms with Gasteiger partial charge >= 0.3 is 6.18 Å². The maximum Gasteiger partial charge on any atom is 0.416 e. The molecule has 0 saturated carbocycles. The number of nitrogens with one attached hydrogen (secondary N) is 1. The number of hydrogen-bond acceptors (Lipinski definition) is 6. The number of hydrogen-bond donors (Lipinski definition) is 2. The van der Waals surface area contributed by atoms with Gasteiger partial charge in [-0.25, -0.2) is 18.4 Å². The number of aromatic nitrogens is 3. The highest BCUT2D eigenvalue weighted by Crippen LogP contribution is 2.31. The van der Waals surface area contributed by atoms with Crippen molar-refractivity contribution in [1.82, 2.24) is 20.1 Å². The van der Waals surface area contributed by atoms with Crippen LogP contribution in [0.25, 0.3) is 0 Å². The number of Topliss-reactive ketones (excluding diaryl/α,β-unsaturated/α-hetero) is 1. The fraction of sp³-hybridized carbons (Fsp3) is 0.276. The molecule has 41 heavy (non-hydrogen) atoms. The highest BCUT2D eigenvalue weighted by molar-refractivity contribution is 6.00. The number of halogens is 5. The molecule has 0 unspecified atom stereocenters. The van der Waals surface area contributed by atoms with E-state index in [0.717, 1.165) is 42.0 Å². The van der Waals surface area contributed by atoms with Crippen molar-refractivity contribution >= 4 is 5.78 Å². The lowest BCUT2D eigenvalue weighted by atomic mass is 9.85. The molecule has 0 spiro atoms. The standard InChI is InChI=1S/C29H27F5N4O3/c1-19(28(40,16-38-18-35-17-36-38)24-12-11-23(30)13-25(24)31)37-26(15-41-14-20-5-3-2-4-6-20)27(39)21-7-9-22(10-8-21)29(32,33)34/h2-13,17-19,26,37,40H,14-16H2,1H3/t19-,26-,28-/m1/s1. The van der Waals surface area contributed by atoms with E-state index in [4.69, 9.17) is 4.74 Å². The third kappa shape index (κ3) is 7.40. The number of ketones is 1. The van der Waals surface area contributed by atoms with Crippen molar-refractivity contribution < 1.29 is 36.6 Å². The Balaban J connectivity index is 1.63. The lowest BCUT2D eigenvalue weighted by Crippen LogP contribution is -2.56. The van der Waals surface area contributed by atoms with Crippen LogP contribution in [0.1, 0.15) is 34.0 Å². The van der Waals surface area contributed by atoms with E-state index in [9.17, 15) is 31.9 Å². The number of aliphatic hydroxyl groups is 1. The van der Waals surface area contributed by atoms with Crippen LogP contribution in [0.4, 0.5) is 22.0 Å². The number of rotatable bonds is 12. The van der Waals surface area contributed by atoms with Gasteiger partial charge in [0.05, 0.1) is 31.4 Å². The second-order valence-electron chi connectivity index (χ2n) is 9.52. The van der Waals surface area contributed by atoms with Gasteiger partial charge in [-0.05, 0) is 30.7 Å². The van der Waals surface area contributed by atoms with Crippen molar-refractivity contribution in [1.29, 1.82) is 0 Å². The molecule has 0 amide bonds. The molecule has 4 rings (SSSR count). The summed E-state index contributed by atoms with van der Waals surface area (Å²) >= 11 is 0. The van der Waals surface area contributed by atoms with Crippen LogP contribution in [-0.4, -0.2) is 44.3 Å². The molecule has 0 aliphatic heterocycles. The van der Waals surface area contributed by atoms with E-state index >= 15 is 0 Å². The molecule has 0 radical (unpaired) electrons. The molecule has 0 aliphatic carbocycles. The van der Waals surface area contributed by atoms with Crippen molar-refractivity contribution in [3.8, 4) is 0 Å². The van der Waals surface area contributed by atoms with Crippen LogP contribution in [-0.2, 0) is 29.7 Å². The van der Waals surface area contributed by atoms with E-state index in [1.54, 1.807) is 0 Å². The Hall–Kier alpha value is -4.00. The topological polar surface area (TPSA) is 89.3 Å². The molecule has 0 saturated heterocycles. The van der Waals surface area contributed by atoms with Gasteiger partial charge in [0, 0.05) is 23.2 Å². The number of carbonyl (C=O) groups excluding carboxylic acids is 1. The average molecular weight is 575 g/mol. The summed E-state index contributed by atoms with van der Waals surface area (Å²) < 4.78 is 74.9. The summed E-state index contributed by atoms with van der Waals surface area (Å²) in [6, 6.07) is 13.3. The minimum absolute atomic E-state index is 0.0289. The zero-order chi connectivity index (χ0) is 29.6. The van der Waals surface area contributed by atoms with Crippen molar-refractivity contribution in [2.75, 3.05) is 6.61 Å². The third-order valence-electron chi connectivity index (χ3n) is 6.64. The molecule has 3 atom stereocenters. The first-order valence-electron chi connectivity index (χ1n) is 12.6. The smallest absolute Gasteiger partial charge is 0.381 e. The van der Waals surface area contributed by atoms with Crippen LogP contribution in [0.2, 0.25) is 0 Å². The van der Waals surface area contributed by atoms with E-state index < -0.39 is 46.8 Å². The maximum absolute atomic E-state index is 15.0. The number of ether oxygens (including phenoxy) is 1. The van der Waals surface area contributed by atoms with Gasteiger partial charge in [0.15, 0.2) is 5.78 Å². The lowest BCUT2D eigenvalue weighted by Gasteiger charge is -2.37. The van der Waals surface area contributed by atoms with Gasteiger partial charge < -0.3 is 9.84 Å². The summed E-state index contributed by atoms with van der Waals surface area (Å²) in [6.45, 7) is 1.06. The van der Waals surface area contributed by atoms with Gasteiger partial charge in [-0.2, -0.15) is 18.3 Å². The average Bonchev–Trinajstić information content (AvgIpc) is 3.45. The molecule has 1 aromatic heterocycles. The van der Waals surface area contributed by atoms with Gasteiger partial charge in [0.2, 0.25) is 0 Å². The second kappa shape index (κ2) is 12.7. The maximum atomic E-state index is 15.0. The Morgan fingerprint density at radius 1 is 1.05 bits per heavy atom. The Bertz CT molecular complexity index is 1430. The number of nitrogens with zero attached hydrogens (tertiary/aromatic N) is 3. The monoisotopic (exact) mass is 574 g/mol. The zero-order valence-corrected chi connectivity index (χ0v) is 21.9. The molecule has 0 aliphatic rings. The second-order valence-corrected chi connectivity index (χ2v) is 9.52. The first-order valence-corrected chi connectivity index (χ1v) is 12.6. The molecule has 4 aromatic rings. The molecule has 2 N–H and O–H groups in total. The predicted molar refractivity (Wildman–Crippen MR) is 139 cm³/mol. The van der Waals surface area contributed by atoms with E-state index in [2.05, 4.69) is 15.4 Å². The van der Waals surface area contributed by atoms with Crippen LogP contribution in [0, 0.1) is 11.6 Å². The fourth-order valence-corrected chi connectivity index (χ4v) is 4.39. The summed E-state index contributed by atoms with van der Waals surface area (Å²) in [5.41, 5.74) is -2.47. The van der Waals surface area contributed by atoms with Crippen LogP contribution in [0.5, 0.6) is 0 Å². The molecule has 12 heteroatoms. The lowest BCUT2D eigenvalue weighted by molar-refractivity contribution is -0.137. The van der Waals surface area contributed by atoms with Gasteiger partial charge in [0.25, 0.3) is 0 Å². The molecular weight excluding hydrogens is 547 g/mol. The predicted octanol–water partition coefficient (Wildman–Crippen LogP) is 4.91. The van der Waals surface area contributed by atoms with Crippen molar-refractivity contribution in [3.63, 3.8) is 0 Å². The van der Waals surface area contributed by atoms with E-state index in [0.29, 0.717) is 6.07 Å². The first-order chi connectivity index (χ1) is 19.5. The van der Waals surface area contributed by atoms with Gasteiger partial charge in [-0.1, -0.05) is 48.5 Å². The quantitative estimate of drug-likeness (QED) is 0.185. The number of benzene rings is 3. The molecule has 216 valence electrons. The Morgan fingerprint density at radius 3 is 2.37 bits per heavy atom. The Kier molecular flexibility index (Phi) is 9.26. The van der Waals surface area contributed by atoms with Gasteiger partial charge in [0.1, 0.15) is 29.9 Å².